The maximum atomic E-state index is 11.9. The number of hydrogen-bond donors (Lipinski definition) is 1. The number of aliphatic imine (C=N–C) groups is 1. The summed E-state index contributed by atoms with van der Waals surface area (Å²) < 4.78 is 5.31. The minimum atomic E-state index is -0.476. The Hall–Kier alpha value is -1.10. The Kier molecular flexibility index (Phi) is 3.12. The van der Waals surface area contributed by atoms with Gasteiger partial charge in [0.15, 0.2) is 0 Å². The Balaban J connectivity index is 2.30. The minimum absolute atomic E-state index is 0.208. The number of nitrogens with zero attached hydrogens (tertiary/aromatic N) is 2. The molecule has 1 saturated carbocycles. The van der Waals surface area contributed by atoms with Crippen molar-refractivity contribution in [3.8, 4) is 0 Å². The van der Waals surface area contributed by atoms with Gasteiger partial charge in [0, 0.05) is 13.7 Å². The van der Waals surface area contributed by atoms with Crippen molar-refractivity contribution < 1.29 is 9.53 Å². The van der Waals surface area contributed by atoms with Crippen LogP contribution >= 0.6 is 0 Å². The van der Waals surface area contributed by atoms with Gasteiger partial charge in [0.2, 0.25) is 0 Å². The molecule has 2 amide bonds. The van der Waals surface area contributed by atoms with Crippen molar-refractivity contribution in [2.24, 2.45) is 22.6 Å². The second-order valence-corrected chi connectivity index (χ2v) is 5.42. The van der Waals surface area contributed by atoms with Gasteiger partial charge in [0.1, 0.15) is 11.4 Å². The molecule has 1 aliphatic carbocycles. The third kappa shape index (κ3) is 1.92. The third-order valence-electron chi connectivity index (χ3n) is 3.54. The molecule has 1 atom stereocenters. The van der Waals surface area contributed by atoms with E-state index in [0.29, 0.717) is 30.8 Å². The lowest BCUT2D eigenvalue weighted by molar-refractivity contribution is 0.0642. The first-order valence-electron chi connectivity index (χ1n) is 6.17. The standard InChI is InChI=1S/C12H21N3O2/c1-8(2)6-15-11(16)14-10(13)12(15,7-17-3)9-4-5-9/h8-9H,4-7H2,1-3H3,(H2,13,14,16). The van der Waals surface area contributed by atoms with E-state index >= 15 is 0 Å². The SMILES string of the molecule is COCC1(C2CC2)C(N)=NC(=O)N1CC(C)C. The third-order valence-corrected chi connectivity index (χ3v) is 3.54. The molecule has 0 spiro atoms. The van der Waals surface area contributed by atoms with E-state index in [4.69, 9.17) is 10.5 Å². The molecule has 2 N–H and O–H groups in total. The van der Waals surface area contributed by atoms with Crippen molar-refractivity contribution in [1.82, 2.24) is 4.90 Å². The van der Waals surface area contributed by atoms with Crippen LogP contribution in [0.25, 0.3) is 0 Å². The molecule has 0 aromatic heterocycles. The topological polar surface area (TPSA) is 67.9 Å². The molecule has 1 heterocycles. The van der Waals surface area contributed by atoms with E-state index in [0.717, 1.165) is 12.8 Å². The molecule has 0 aromatic rings. The molecular weight excluding hydrogens is 218 g/mol. The Morgan fingerprint density at radius 2 is 2.24 bits per heavy atom. The predicted octanol–water partition coefficient (Wildman–Crippen LogP) is 1.23. The molecule has 0 radical (unpaired) electrons. The second kappa shape index (κ2) is 4.29. The van der Waals surface area contributed by atoms with Gasteiger partial charge in [-0.05, 0) is 24.7 Å². The number of urea groups is 1. The highest BCUT2D eigenvalue weighted by atomic mass is 16.5. The Labute approximate surface area is 102 Å². The largest absolute Gasteiger partial charge is 0.385 e. The number of methoxy groups -OCH3 is 1. The summed E-state index contributed by atoms with van der Waals surface area (Å²) in [5.41, 5.74) is 5.53. The maximum Gasteiger partial charge on any atom is 0.346 e. The molecule has 1 unspecified atom stereocenters. The second-order valence-electron chi connectivity index (χ2n) is 5.42. The lowest BCUT2D eigenvalue weighted by Gasteiger charge is -2.38. The Bertz CT molecular complexity index is 350. The van der Waals surface area contributed by atoms with Crippen LogP contribution in [0.3, 0.4) is 0 Å². The summed E-state index contributed by atoms with van der Waals surface area (Å²) in [6.07, 6.45) is 2.20. The van der Waals surface area contributed by atoms with Crippen LogP contribution in [0, 0.1) is 11.8 Å². The van der Waals surface area contributed by atoms with E-state index in [1.807, 2.05) is 4.90 Å². The quantitative estimate of drug-likeness (QED) is 0.784. The van der Waals surface area contributed by atoms with E-state index in [9.17, 15) is 4.79 Å². The first-order valence-corrected chi connectivity index (χ1v) is 6.17. The van der Waals surface area contributed by atoms with Crippen LogP contribution in [-0.2, 0) is 4.74 Å². The molecule has 96 valence electrons. The highest BCUT2D eigenvalue weighted by Gasteiger charge is 2.57. The fraction of sp³-hybridized carbons (Fsp3) is 0.833. The van der Waals surface area contributed by atoms with Crippen LogP contribution in [0.1, 0.15) is 26.7 Å². The number of amidine groups is 1. The van der Waals surface area contributed by atoms with Gasteiger partial charge in [-0.15, -0.1) is 0 Å². The average molecular weight is 239 g/mol. The van der Waals surface area contributed by atoms with Crippen LogP contribution in [0.2, 0.25) is 0 Å². The van der Waals surface area contributed by atoms with Crippen molar-refractivity contribution in [1.29, 1.82) is 0 Å². The highest BCUT2D eigenvalue weighted by Crippen LogP contribution is 2.46. The lowest BCUT2D eigenvalue weighted by atomic mass is 9.90. The first kappa shape index (κ1) is 12.4. The molecule has 5 nitrogen and oxygen atoms in total. The fourth-order valence-electron chi connectivity index (χ4n) is 2.66. The lowest BCUT2D eigenvalue weighted by Crippen LogP contribution is -2.59. The van der Waals surface area contributed by atoms with E-state index in [1.165, 1.54) is 0 Å². The fourth-order valence-corrected chi connectivity index (χ4v) is 2.66. The maximum absolute atomic E-state index is 11.9. The van der Waals surface area contributed by atoms with Gasteiger partial charge in [-0.3, -0.25) is 0 Å². The molecule has 17 heavy (non-hydrogen) atoms. The predicted molar refractivity (Wildman–Crippen MR) is 65.9 cm³/mol. The van der Waals surface area contributed by atoms with E-state index < -0.39 is 5.54 Å². The number of hydrogen-bond acceptors (Lipinski definition) is 3. The van der Waals surface area contributed by atoms with Gasteiger partial charge in [-0.1, -0.05) is 13.8 Å². The number of amides is 2. The average Bonchev–Trinajstić information content (AvgIpc) is 3.03. The summed E-state index contributed by atoms with van der Waals surface area (Å²) in [6, 6.07) is -0.208. The smallest absolute Gasteiger partial charge is 0.346 e. The molecule has 0 aromatic carbocycles. The van der Waals surface area contributed by atoms with Crippen molar-refractivity contribution >= 4 is 11.9 Å². The zero-order valence-corrected chi connectivity index (χ0v) is 10.8. The Morgan fingerprint density at radius 1 is 1.59 bits per heavy atom. The zero-order valence-electron chi connectivity index (χ0n) is 10.8. The first-order chi connectivity index (χ1) is 8.02. The van der Waals surface area contributed by atoms with Gasteiger partial charge in [-0.2, -0.15) is 4.99 Å². The molecule has 2 aliphatic rings. The van der Waals surface area contributed by atoms with E-state index in [-0.39, 0.29) is 6.03 Å². The van der Waals surface area contributed by atoms with Gasteiger partial charge in [0.25, 0.3) is 0 Å². The van der Waals surface area contributed by atoms with Gasteiger partial charge >= 0.3 is 6.03 Å². The van der Waals surface area contributed by atoms with Crippen LogP contribution in [0.15, 0.2) is 4.99 Å². The molecule has 0 bridgehead atoms. The molecule has 2 rings (SSSR count). The normalized spacial score (nSPS) is 29.1. The van der Waals surface area contributed by atoms with Crippen molar-refractivity contribution in [2.45, 2.75) is 32.2 Å². The van der Waals surface area contributed by atoms with Crippen LogP contribution in [0.4, 0.5) is 4.79 Å². The Morgan fingerprint density at radius 3 is 2.71 bits per heavy atom. The van der Waals surface area contributed by atoms with Crippen molar-refractivity contribution in [3.63, 3.8) is 0 Å². The van der Waals surface area contributed by atoms with Crippen LogP contribution < -0.4 is 5.73 Å². The monoisotopic (exact) mass is 239 g/mol. The van der Waals surface area contributed by atoms with Crippen LogP contribution in [0.5, 0.6) is 0 Å². The molecule has 1 fully saturated rings. The summed E-state index contributed by atoms with van der Waals surface area (Å²) in [5, 5.41) is 0. The summed E-state index contributed by atoms with van der Waals surface area (Å²) in [7, 11) is 1.65. The summed E-state index contributed by atoms with van der Waals surface area (Å²) in [4.78, 5) is 17.7. The molecular formula is C12H21N3O2. The number of ether oxygens (including phenoxy) is 1. The summed E-state index contributed by atoms with van der Waals surface area (Å²) in [5.74, 6) is 1.25. The van der Waals surface area contributed by atoms with E-state index in [2.05, 4.69) is 18.8 Å². The number of rotatable bonds is 5. The number of nitrogens with two attached hydrogens (primary N) is 1. The molecule has 0 saturated heterocycles. The highest BCUT2D eigenvalue weighted by molar-refractivity contribution is 6.06. The molecule has 5 heteroatoms. The number of carbonyl (C=O) groups excluding carboxylic acids is 1. The molecule has 1 aliphatic heterocycles. The zero-order chi connectivity index (χ0) is 12.6. The van der Waals surface area contributed by atoms with E-state index in [1.54, 1.807) is 7.11 Å². The van der Waals surface area contributed by atoms with Crippen molar-refractivity contribution in [2.75, 3.05) is 20.3 Å². The number of carbonyl (C=O) groups is 1. The van der Waals surface area contributed by atoms with Gasteiger partial charge in [0.05, 0.1) is 6.61 Å². The van der Waals surface area contributed by atoms with Crippen LogP contribution in [-0.4, -0.2) is 42.6 Å². The van der Waals surface area contributed by atoms with Gasteiger partial charge < -0.3 is 15.4 Å². The minimum Gasteiger partial charge on any atom is -0.385 e. The summed E-state index contributed by atoms with van der Waals surface area (Å²) >= 11 is 0. The van der Waals surface area contributed by atoms with Crippen molar-refractivity contribution in [3.05, 3.63) is 0 Å². The summed E-state index contributed by atoms with van der Waals surface area (Å²) in [6.45, 7) is 5.31. The van der Waals surface area contributed by atoms with Gasteiger partial charge in [-0.25, -0.2) is 4.79 Å².